The minimum atomic E-state index is -0.756. The molecule has 0 heterocycles. The van der Waals surface area contributed by atoms with Gasteiger partial charge in [0.05, 0.1) is 16.9 Å². The van der Waals surface area contributed by atoms with E-state index in [0.29, 0.717) is 4.47 Å². The number of nitrogens with one attached hydrogen (secondary N) is 1. The molecule has 2 aromatic rings. The Labute approximate surface area is 116 Å². The molecule has 0 unspecified atom stereocenters. The summed E-state index contributed by atoms with van der Waals surface area (Å²) in [6, 6.07) is 8.81. The van der Waals surface area contributed by atoms with Gasteiger partial charge < -0.3 is 11.1 Å². The summed E-state index contributed by atoms with van der Waals surface area (Å²) in [5.41, 5.74) is 6.08. The summed E-state index contributed by atoms with van der Waals surface area (Å²) < 4.78 is 27.6. The first-order chi connectivity index (χ1) is 9.02. The third-order valence-electron chi connectivity index (χ3n) is 2.49. The van der Waals surface area contributed by atoms with Gasteiger partial charge >= 0.3 is 0 Å². The molecule has 0 fully saturated rings. The zero-order valence-corrected chi connectivity index (χ0v) is 11.1. The van der Waals surface area contributed by atoms with Crippen LogP contribution in [0.2, 0.25) is 0 Å². The maximum Gasteiger partial charge on any atom is 0.150 e. The Morgan fingerprint density at radius 3 is 2.42 bits per heavy atom. The average molecular weight is 324 g/mol. The number of nitriles is 1. The van der Waals surface area contributed by atoms with Crippen molar-refractivity contribution in [3.05, 3.63) is 52.0 Å². The van der Waals surface area contributed by atoms with E-state index in [1.807, 2.05) is 6.07 Å². The number of anilines is 3. The van der Waals surface area contributed by atoms with E-state index in [9.17, 15) is 8.78 Å². The van der Waals surface area contributed by atoms with Gasteiger partial charge in [-0.15, -0.1) is 0 Å². The molecule has 0 bridgehead atoms. The Morgan fingerprint density at radius 2 is 1.84 bits per heavy atom. The Morgan fingerprint density at radius 1 is 1.21 bits per heavy atom. The van der Waals surface area contributed by atoms with Crippen molar-refractivity contribution in [2.45, 2.75) is 0 Å². The van der Waals surface area contributed by atoms with Crippen LogP contribution >= 0.6 is 15.9 Å². The van der Waals surface area contributed by atoms with E-state index in [2.05, 4.69) is 21.2 Å². The first-order valence-corrected chi connectivity index (χ1v) is 6.02. The molecule has 0 aromatic heterocycles. The Balaban J connectivity index is 2.46. The van der Waals surface area contributed by atoms with Crippen molar-refractivity contribution in [1.82, 2.24) is 0 Å². The third kappa shape index (κ3) is 2.66. The van der Waals surface area contributed by atoms with E-state index in [1.54, 1.807) is 6.07 Å². The van der Waals surface area contributed by atoms with Crippen LogP contribution < -0.4 is 11.1 Å². The second-order valence-corrected chi connectivity index (χ2v) is 4.66. The molecule has 2 rings (SSSR count). The molecule has 0 aliphatic carbocycles. The molecular weight excluding hydrogens is 316 g/mol. The summed E-state index contributed by atoms with van der Waals surface area (Å²) in [6.45, 7) is 0. The molecule has 6 heteroatoms. The van der Waals surface area contributed by atoms with Gasteiger partial charge in [0.2, 0.25) is 0 Å². The summed E-state index contributed by atoms with van der Waals surface area (Å²) >= 11 is 2.99. The first kappa shape index (κ1) is 13.3. The number of benzene rings is 2. The summed E-state index contributed by atoms with van der Waals surface area (Å²) in [4.78, 5) is 0. The van der Waals surface area contributed by atoms with Crippen molar-refractivity contribution >= 4 is 33.0 Å². The fourth-order valence-electron chi connectivity index (χ4n) is 1.57. The van der Waals surface area contributed by atoms with Crippen molar-refractivity contribution < 1.29 is 8.78 Å². The smallest absolute Gasteiger partial charge is 0.150 e. The van der Waals surface area contributed by atoms with Crippen LogP contribution in [0.5, 0.6) is 0 Å². The molecule has 0 atom stereocenters. The monoisotopic (exact) mass is 323 g/mol. The van der Waals surface area contributed by atoms with Gasteiger partial charge in [-0.3, -0.25) is 0 Å². The maximum absolute atomic E-state index is 13.7. The zero-order valence-electron chi connectivity index (χ0n) is 9.55. The molecule has 19 heavy (non-hydrogen) atoms. The normalized spacial score (nSPS) is 10.0. The predicted molar refractivity (Wildman–Crippen MR) is 72.9 cm³/mol. The van der Waals surface area contributed by atoms with Gasteiger partial charge in [-0.25, -0.2) is 8.78 Å². The van der Waals surface area contributed by atoms with E-state index in [0.717, 1.165) is 12.1 Å². The van der Waals surface area contributed by atoms with Crippen molar-refractivity contribution in [3.8, 4) is 6.07 Å². The number of rotatable bonds is 2. The maximum atomic E-state index is 13.7. The number of nitrogens with zero attached hydrogens (tertiary/aromatic N) is 1. The van der Waals surface area contributed by atoms with Crippen LogP contribution in [0.25, 0.3) is 0 Å². The van der Waals surface area contributed by atoms with Gasteiger partial charge in [-0.2, -0.15) is 5.26 Å². The van der Waals surface area contributed by atoms with E-state index in [4.69, 9.17) is 11.0 Å². The number of nitrogens with two attached hydrogens (primary N) is 1. The molecule has 0 amide bonds. The van der Waals surface area contributed by atoms with Gasteiger partial charge in [-0.1, -0.05) is 22.0 Å². The second-order valence-electron chi connectivity index (χ2n) is 3.75. The lowest BCUT2D eigenvalue weighted by molar-refractivity contribution is 0.589. The summed E-state index contributed by atoms with van der Waals surface area (Å²) in [5.74, 6) is -1.51. The van der Waals surface area contributed by atoms with Crippen LogP contribution in [0.3, 0.4) is 0 Å². The van der Waals surface area contributed by atoms with Crippen molar-refractivity contribution in [1.29, 1.82) is 5.26 Å². The Bertz CT molecular complexity index is 657. The first-order valence-electron chi connectivity index (χ1n) is 5.23. The van der Waals surface area contributed by atoms with Crippen molar-refractivity contribution in [3.63, 3.8) is 0 Å². The Hall–Kier alpha value is -2.13. The van der Waals surface area contributed by atoms with E-state index < -0.39 is 11.6 Å². The lowest BCUT2D eigenvalue weighted by Crippen LogP contribution is -2.02. The number of para-hydroxylation sites is 1. The minimum Gasteiger partial charge on any atom is -0.396 e. The van der Waals surface area contributed by atoms with Crippen molar-refractivity contribution in [2.24, 2.45) is 0 Å². The largest absolute Gasteiger partial charge is 0.396 e. The lowest BCUT2D eigenvalue weighted by atomic mass is 10.1. The highest BCUT2D eigenvalue weighted by atomic mass is 79.9. The standard InChI is InChI=1S/C13H8BrF2N3/c14-8-4-9(15)13(10(16)5-8)19-11-3-1-2-7(6-17)12(11)18/h1-5,19H,18H2. The zero-order chi connectivity index (χ0) is 14.0. The number of hydrogen-bond donors (Lipinski definition) is 2. The van der Waals surface area contributed by atoms with Crippen molar-refractivity contribution in [2.75, 3.05) is 11.1 Å². The molecule has 96 valence electrons. The number of halogens is 3. The molecular formula is C13H8BrF2N3. The highest BCUT2D eigenvalue weighted by Crippen LogP contribution is 2.30. The predicted octanol–water partition coefficient (Wildman–Crippen LogP) is 3.92. The van der Waals surface area contributed by atoms with Gasteiger partial charge in [0.15, 0.2) is 11.6 Å². The van der Waals surface area contributed by atoms with Crippen LogP contribution in [0.4, 0.5) is 25.8 Å². The van der Waals surface area contributed by atoms with E-state index >= 15 is 0 Å². The highest BCUT2D eigenvalue weighted by Gasteiger charge is 2.13. The molecule has 0 radical (unpaired) electrons. The molecule has 2 aromatic carbocycles. The lowest BCUT2D eigenvalue weighted by Gasteiger charge is -2.12. The topological polar surface area (TPSA) is 61.8 Å². The molecule has 0 aliphatic rings. The summed E-state index contributed by atoms with van der Waals surface area (Å²) in [6.07, 6.45) is 0. The second kappa shape index (κ2) is 5.24. The molecule has 3 N–H and O–H groups in total. The van der Waals surface area contributed by atoms with E-state index in [1.165, 1.54) is 12.1 Å². The summed E-state index contributed by atoms with van der Waals surface area (Å²) in [7, 11) is 0. The summed E-state index contributed by atoms with van der Waals surface area (Å²) in [5, 5.41) is 11.4. The fraction of sp³-hybridized carbons (Fsp3) is 0. The average Bonchev–Trinajstić information content (AvgIpc) is 2.35. The van der Waals surface area contributed by atoms with Gasteiger partial charge in [0.1, 0.15) is 11.8 Å². The molecule has 0 saturated heterocycles. The molecule has 0 saturated carbocycles. The van der Waals surface area contributed by atoms with Crippen LogP contribution in [0.15, 0.2) is 34.8 Å². The van der Waals surface area contributed by atoms with Crippen LogP contribution in [-0.2, 0) is 0 Å². The molecule has 3 nitrogen and oxygen atoms in total. The number of nitrogen functional groups attached to an aromatic ring is 1. The van der Waals surface area contributed by atoms with Crippen LogP contribution in [-0.4, -0.2) is 0 Å². The third-order valence-corrected chi connectivity index (χ3v) is 2.95. The Kier molecular flexibility index (Phi) is 3.67. The molecule has 0 aliphatic heterocycles. The fourth-order valence-corrected chi connectivity index (χ4v) is 1.97. The SMILES string of the molecule is N#Cc1cccc(Nc2c(F)cc(Br)cc2F)c1N. The van der Waals surface area contributed by atoms with Crippen LogP contribution in [0, 0.1) is 23.0 Å². The molecule has 0 spiro atoms. The highest BCUT2D eigenvalue weighted by molar-refractivity contribution is 9.10. The number of hydrogen-bond acceptors (Lipinski definition) is 3. The van der Waals surface area contributed by atoms with Gasteiger partial charge in [0, 0.05) is 4.47 Å². The minimum absolute atomic E-state index is 0.145. The quantitative estimate of drug-likeness (QED) is 0.823. The van der Waals surface area contributed by atoms with Gasteiger partial charge in [-0.05, 0) is 24.3 Å². The van der Waals surface area contributed by atoms with Crippen LogP contribution in [0.1, 0.15) is 5.56 Å². The van der Waals surface area contributed by atoms with Gasteiger partial charge in [0.25, 0.3) is 0 Å². The van der Waals surface area contributed by atoms with E-state index in [-0.39, 0.29) is 22.6 Å².